The molecule has 0 bridgehead atoms. The Kier molecular flexibility index (Phi) is 8.42. The molecule has 2 heterocycles. The van der Waals surface area contributed by atoms with Gasteiger partial charge in [0.05, 0.1) is 17.3 Å². The largest absolute Gasteiger partial charge is 0.370 e. The number of nitriles is 1. The molecule has 0 spiro atoms. The van der Waals surface area contributed by atoms with Crippen LogP contribution in [0.2, 0.25) is 0 Å². The third-order valence-corrected chi connectivity index (χ3v) is 8.95. The van der Waals surface area contributed by atoms with Crippen LogP contribution in [0.4, 0.5) is 11.4 Å². The highest BCUT2D eigenvalue weighted by Crippen LogP contribution is 2.32. The molecule has 2 fully saturated rings. The van der Waals surface area contributed by atoms with Crippen LogP contribution in [-0.4, -0.2) is 56.1 Å². The van der Waals surface area contributed by atoms with Gasteiger partial charge < -0.3 is 20.4 Å². The predicted molar refractivity (Wildman–Crippen MR) is 163 cm³/mol. The van der Waals surface area contributed by atoms with Crippen LogP contribution in [0.5, 0.6) is 0 Å². The normalized spacial score (nSPS) is 18.1. The fraction of sp³-hybridized carbons (Fsp3) is 0.412. The number of rotatable bonds is 6. The topological polar surface area (TPSA) is 76.6 Å². The summed E-state index contributed by atoms with van der Waals surface area (Å²) in [6, 6.07) is 22.9. The molecule has 2 aliphatic heterocycles. The summed E-state index contributed by atoms with van der Waals surface area (Å²) in [5, 5.41) is 9.52. The number of anilines is 2. The van der Waals surface area contributed by atoms with Crippen LogP contribution in [0, 0.1) is 38.0 Å². The van der Waals surface area contributed by atoms with E-state index in [0.29, 0.717) is 25.6 Å². The second-order valence-electron chi connectivity index (χ2n) is 11.4. The van der Waals surface area contributed by atoms with Gasteiger partial charge in [-0.25, -0.2) is 0 Å². The van der Waals surface area contributed by atoms with Gasteiger partial charge in [-0.1, -0.05) is 36.4 Å². The molecule has 5 rings (SSSR count). The van der Waals surface area contributed by atoms with Crippen molar-refractivity contribution in [2.24, 2.45) is 11.7 Å². The first kappa shape index (κ1) is 27.7. The highest BCUT2D eigenvalue weighted by molar-refractivity contribution is 5.98. The van der Waals surface area contributed by atoms with Gasteiger partial charge in [-0.05, 0) is 92.5 Å². The number of nitrogens with two attached hydrogens (primary N) is 1. The molecular formula is C34H41N5O. The summed E-state index contributed by atoms with van der Waals surface area (Å²) < 4.78 is 0. The monoisotopic (exact) mass is 535 g/mol. The third kappa shape index (κ3) is 5.57. The van der Waals surface area contributed by atoms with Crippen molar-refractivity contribution in [2.75, 3.05) is 49.1 Å². The van der Waals surface area contributed by atoms with E-state index in [2.05, 4.69) is 73.0 Å². The highest BCUT2D eigenvalue weighted by Gasteiger charge is 2.31. The van der Waals surface area contributed by atoms with E-state index in [1.165, 1.54) is 11.1 Å². The number of benzene rings is 3. The molecule has 2 saturated heterocycles. The standard InChI is InChI=1S/C34H41N5O/c1-24-19-25(2)33(34(40)38-17-18-39(30(22-36)23-38)29-10-5-4-6-11-29)26(3)31(24)20-27-13-15-37(16-14-27)32-12-8-7-9-28(32)21-35/h4-12,19,27,30H,13-18,20,22-23,36H2,1-3H3. The second-order valence-corrected chi connectivity index (χ2v) is 11.4. The number of aryl methyl sites for hydroxylation is 2. The van der Waals surface area contributed by atoms with Crippen LogP contribution in [0.25, 0.3) is 0 Å². The molecule has 0 aliphatic carbocycles. The smallest absolute Gasteiger partial charge is 0.254 e. The zero-order valence-corrected chi connectivity index (χ0v) is 24.1. The lowest BCUT2D eigenvalue weighted by Crippen LogP contribution is -2.57. The first-order valence-electron chi connectivity index (χ1n) is 14.6. The van der Waals surface area contributed by atoms with Crippen molar-refractivity contribution in [3.8, 4) is 6.07 Å². The summed E-state index contributed by atoms with van der Waals surface area (Å²) in [6.45, 7) is 10.9. The SMILES string of the molecule is Cc1cc(C)c(C(=O)N2CCN(c3ccccc3)C(CN)C2)c(C)c1CC1CCN(c2ccccc2C#N)CC1. The molecule has 3 aromatic carbocycles. The van der Waals surface area contributed by atoms with Crippen molar-refractivity contribution in [3.05, 3.63) is 94.0 Å². The van der Waals surface area contributed by atoms with E-state index in [0.717, 1.165) is 72.5 Å². The number of hydrogen-bond acceptors (Lipinski definition) is 5. The highest BCUT2D eigenvalue weighted by atomic mass is 16.2. The minimum Gasteiger partial charge on any atom is -0.370 e. The van der Waals surface area contributed by atoms with E-state index < -0.39 is 0 Å². The minimum atomic E-state index is 0.0991. The van der Waals surface area contributed by atoms with Crippen molar-refractivity contribution in [3.63, 3.8) is 0 Å². The maximum atomic E-state index is 14.0. The van der Waals surface area contributed by atoms with Gasteiger partial charge >= 0.3 is 0 Å². The molecule has 3 aromatic rings. The Labute approximate surface area is 239 Å². The zero-order chi connectivity index (χ0) is 28.2. The maximum absolute atomic E-state index is 14.0. The van der Waals surface area contributed by atoms with E-state index in [-0.39, 0.29) is 11.9 Å². The first-order valence-corrected chi connectivity index (χ1v) is 14.6. The predicted octanol–water partition coefficient (Wildman–Crippen LogP) is 5.23. The fourth-order valence-corrected chi connectivity index (χ4v) is 6.74. The first-order chi connectivity index (χ1) is 19.4. The summed E-state index contributed by atoms with van der Waals surface area (Å²) in [6.07, 6.45) is 3.14. The van der Waals surface area contributed by atoms with Crippen LogP contribution in [0.3, 0.4) is 0 Å². The Hall–Kier alpha value is -3.82. The Morgan fingerprint density at radius 2 is 1.65 bits per heavy atom. The lowest BCUT2D eigenvalue weighted by Gasteiger charge is -2.42. The van der Waals surface area contributed by atoms with Gasteiger partial charge in [-0.3, -0.25) is 4.79 Å². The number of carbonyl (C=O) groups excluding carboxylic acids is 1. The van der Waals surface area contributed by atoms with E-state index >= 15 is 0 Å². The number of piperidine rings is 1. The molecule has 1 amide bonds. The van der Waals surface area contributed by atoms with Crippen molar-refractivity contribution >= 4 is 17.3 Å². The van der Waals surface area contributed by atoms with Gasteiger partial charge in [0.15, 0.2) is 0 Å². The van der Waals surface area contributed by atoms with Crippen molar-refractivity contribution in [1.29, 1.82) is 5.26 Å². The molecule has 0 aromatic heterocycles. The summed E-state index contributed by atoms with van der Waals surface area (Å²) in [4.78, 5) is 20.7. The number of nitrogens with zero attached hydrogens (tertiary/aromatic N) is 4. The molecule has 2 N–H and O–H groups in total. The maximum Gasteiger partial charge on any atom is 0.254 e. The molecule has 208 valence electrons. The molecule has 40 heavy (non-hydrogen) atoms. The van der Waals surface area contributed by atoms with E-state index in [1.807, 2.05) is 29.2 Å². The number of amides is 1. The molecule has 1 unspecified atom stereocenters. The molecule has 0 saturated carbocycles. The number of hydrogen-bond donors (Lipinski definition) is 1. The Balaban J connectivity index is 1.30. The number of carbonyl (C=O) groups is 1. The van der Waals surface area contributed by atoms with Gasteiger partial charge in [0.2, 0.25) is 0 Å². The van der Waals surface area contributed by atoms with Crippen molar-refractivity contribution in [1.82, 2.24) is 4.90 Å². The molecule has 6 nitrogen and oxygen atoms in total. The van der Waals surface area contributed by atoms with Crippen LogP contribution >= 0.6 is 0 Å². The minimum absolute atomic E-state index is 0.0991. The van der Waals surface area contributed by atoms with Crippen LogP contribution in [0.15, 0.2) is 60.7 Å². The van der Waals surface area contributed by atoms with E-state index in [1.54, 1.807) is 0 Å². The summed E-state index contributed by atoms with van der Waals surface area (Å²) in [7, 11) is 0. The summed E-state index contributed by atoms with van der Waals surface area (Å²) in [5.41, 5.74) is 14.8. The molecule has 2 aliphatic rings. The third-order valence-electron chi connectivity index (χ3n) is 8.95. The molecule has 0 radical (unpaired) electrons. The molecule has 6 heteroatoms. The van der Waals surface area contributed by atoms with Gasteiger partial charge in [-0.2, -0.15) is 5.26 Å². The summed E-state index contributed by atoms with van der Waals surface area (Å²) in [5.74, 6) is 0.690. The lowest BCUT2D eigenvalue weighted by atomic mass is 9.83. The van der Waals surface area contributed by atoms with Gasteiger partial charge in [0.25, 0.3) is 5.91 Å². The van der Waals surface area contributed by atoms with Crippen LogP contribution in [0.1, 0.15) is 51.0 Å². The van der Waals surface area contributed by atoms with Gasteiger partial charge in [0.1, 0.15) is 6.07 Å². The van der Waals surface area contributed by atoms with Gasteiger partial charge in [0, 0.05) is 50.5 Å². The second kappa shape index (κ2) is 12.1. The van der Waals surface area contributed by atoms with Crippen LogP contribution < -0.4 is 15.5 Å². The van der Waals surface area contributed by atoms with Crippen molar-refractivity contribution in [2.45, 2.75) is 46.1 Å². The van der Waals surface area contributed by atoms with E-state index in [4.69, 9.17) is 5.73 Å². The van der Waals surface area contributed by atoms with Crippen LogP contribution in [-0.2, 0) is 6.42 Å². The fourth-order valence-electron chi connectivity index (χ4n) is 6.74. The average Bonchev–Trinajstić information content (AvgIpc) is 2.99. The quantitative estimate of drug-likeness (QED) is 0.468. The Morgan fingerprint density at radius 3 is 2.35 bits per heavy atom. The lowest BCUT2D eigenvalue weighted by molar-refractivity contribution is 0.0722. The summed E-state index contributed by atoms with van der Waals surface area (Å²) >= 11 is 0. The average molecular weight is 536 g/mol. The number of para-hydroxylation sites is 2. The Morgan fingerprint density at radius 1 is 0.950 bits per heavy atom. The zero-order valence-electron chi connectivity index (χ0n) is 24.1. The van der Waals surface area contributed by atoms with Crippen molar-refractivity contribution < 1.29 is 4.79 Å². The van der Waals surface area contributed by atoms with E-state index in [9.17, 15) is 10.1 Å². The Bertz CT molecular complexity index is 1390. The number of piperazine rings is 1. The molecule has 1 atom stereocenters. The molecular weight excluding hydrogens is 494 g/mol. The van der Waals surface area contributed by atoms with Gasteiger partial charge in [-0.15, -0.1) is 0 Å².